The van der Waals surface area contributed by atoms with Gasteiger partial charge in [0.05, 0.1) is 16.2 Å². The number of hydrogen-bond acceptors (Lipinski definition) is 5. The Kier molecular flexibility index (Phi) is 6.39. The van der Waals surface area contributed by atoms with Crippen molar-refractivity contribution in [1.29, 1.82) is 0 Å². The van der Waals surface area contributed by atoms with Crippen LogP contribution in [0.3, 0.4) is 0 Å². The SMILES string of the molecule is CNC(=O)c1cc([N+](=O)[O-])ccc1N1CCN(C/C=C/c2ccccc2)CC1. The van der Waals surface area contributed by atoms with Crippen molar-refractivity contribution >= 4 is 23.4 Å². The highest BCUT2D eigenvalue weighted by Gasteiger charge is 2.23. The molecule has 0 bridgehead atoms. The summed E-state index contributed by atoms with van der Waals surface area (Å²) in [5, 5.41) is 13.6. The molecule has 1 saturated heterocycles. The Hall–Kier alpha value is -3.19. The number of rotatable bonds is 6. The molecule has 1 aliphatic rings. The van der Waals surface area contributed by atoms with Gasteiger partial charge in [-0.3, -0.25) is 19.8 Å². The van der Waals surface area contributed by atoms with E-state index in [1.165, 1.54) is 24.7 Å². The van der Waals surface area contributed by atoms with Crippen molar-refractivity contribution in [3.05, 3.63) is 75.8 Å². The van der Waals surface area contributed by atoms with Gasteiger partial charge in [0.2, 0.25) is 0 Å². The van der Waals surface area contributed by atoms with E-state index in [0.29, 0.717) is 5.56 Å². The third-order valence-corrected chi connectivity index (χ3v) is 4.85. The summed E-state index contributed by atoms with van der Waals surface area (Å²) in [6, 6.07) is 14.7. The zero-order valence-electron chi connectivity index (χ0n) is 15.9. The fourth-order valence-corrected chi connectivity index (χ4v) is 3.30. The van der Waals surface area contributed by atoms with Crippen LogP contribution in [-0.2, 0) is 0 Å². The Balaban J connectivity index is 1.63. The second-order valence-corrected chi connectivity index (χ2v) is 6.64. The van der Waals surface area contributed by atoms with E-state index in [-0.39, 0.29) is 11.6 Å². The van der Waals surface area contributed by atoms with Gasteiger partial charge in [-0.15, -0.1) is 0 Å². The first-order valence-electron chi connectivity index (χ1n) is 9.28. The molecule has 1 fully saturated rings. The number of hydrogen-bond donors (Lipinski definition) is 1. The average Bonchev–Trinajstić information content (AvgIpc) is 2.74. The zero-order valence-corrected chi connectivity index (χ0v) is 15.9. The van der Waals surface area contributed by atoms with E-state index in [9.17, 15) is 14.9 Å². The lowest BCUT2D eigenvalue weighted by molar-refractivity contribution is -0.384. The first kappa shape index (κ1) is 19.6. The molecular weight excluding hydrogens is 356 g/mol. The minimum absolute atomic E-state index is 0.0768. The number of piperazine rings is 1. The lowest BCUT2D eigenvalue weighted by Gasteiger charge is -2.36. The van der Waals surface area contributed by atoms with Gasteiger partial charge in [-0.05, 0) is 11.6 Å². The Morgan fingerprint density at radius 3 is 2.50 bits per heavy atom. The number of amides is 1. The van der Waals surface area contributed by atoms with Gasteiger partial charge < -0.3 is 10.2 Å². The third kappa shape index (κ3) is 4.75. The summed E-state index contributed by atoms with van der Waals surface area (Å²) < 4.78 is 0. The molecule has 2 aromatic carbocycles. The topological polar surface area (TPSA) is 78.7 Å². The molecule has 0 atom stereocenters. The highest BCUT2D eigenvalue weighted by molar-refractivity contribution is 6.00. The Labute approximate surface area is 164 Å². The number of anilines is 1. The fraction of sp³-hybridized carbons (Fsp3) is 0.286. The Morgan fingerprint density at radius 2 is 1.86 bits per heavy atom. The molecule has 28 heavy (non-hydrogen) atoms. The molecule has 0 unspecified atom stereocenters. The Morgan fingerprint density at radius 1 is 1.14 bits per heavy atom. The molecule has 7 nitrogen and oxygen atoms in total. The van der Waals surface area contributed by atoms with E-state index in [4.69, 9.17) is 0 Å². The minimum atomic E-state index is -0.479. The smallest absolute Gasteiger partial charge is 0.270 e. The van der Waals surface area contributed by atoms with Crippen LogP contribution in [0.2, 0.25) is 0 Å². The largest absolute Gasteiger partial charge is 0.368 e. The van der Waals surface area contributed by atoms with Crippen molar-refractivity contribution in [3.8, 4) is 0 Å². The number of nitro groups is 1. The van der Waals surface area contributed by atoms with E-state index in [1.54, 1.807) is 6.07 Å². The standard InChI is InChI=1S/C21H24N4O3/c1-22-21(26)19-16-18(25(27)28)9-10-20(19)24-14-12-23(13-15-24)11-5-8-17-6-3-2-4-7-17/h2-10,16H,11-15H2,1H3,(H,22,26)/b8-5+. The molecule has 146 valence electrons. The lowest BCUT2D eigenvalue weighted by atomic mass is 10.1. The number of carbonyl (C=O) groups excluding carboxylic acids is 1. The molecule has 7 heteroatoms. The van der Waals surface area contributed by atoms with Gasteiger partial charge in [0.15, 0.2) is 0 Å². The van der Waals surface area contributed by atoms with E-state index in [1.807, 2.05) is 18.2 Å². The summed E-state index contributed by atoms with van der Waals surface area (Å²) in [5.41, 5.74) is 2.19. The van der Waals surface area contributed by atoms with Gasteiger partial charge >= 0.3 is 0 Å². The van der Waals surface area contributed by atoms with E-state index in [2.05, 4.69) is 39.4 Å². The third-order valence-electron chi connectivity index (χ3n) is 4.85. The molecule has 1 aliphatic heterocycles. The number of nitrogens with zero attached hydrogens (tertiary/aromatic N) is 3. The molecule has 0 aromatic heterocycles. The number of nitro benzene ring substituents is 1. The fourth-order valence-electron chi connectivity index (χ4n) is 3.30. The molecule has 2 aromatic rings. The predicted molar refractivity (Wildman–Crippen MR) is 111 cm³/mol. The summed E-state index contributed by atoms with van der Waals surface area (Å²) in [4.78, 5) is 27.2. The summed E-state index contributed by atoms with van der Waals surface area (Å²) in [5.74, 6) is -0.313. The summed E-state index contributed by atoms with van der Waals surface area (Å²) in [6.07, 6.45) is 4.28. The molecule has 1 heterocycles. The Bertz CT molecular complexity index is 859. The van der Waals surface area contributed by atoms with Crippen LogP contribution in [0.15, 0.2) is 54.6 Å². The van der Waals surface area contributed by atoms with Crippen LogP contribution in [0.5, 0.6) is 0 Å². The molecule has 0 spiro atoms. The molecular formula is C21H24N4O3. The van der Waals surface area contributed by atoms with Crippen molar-refractivity contribution in [2.75, 3.05) is 44.7 Å². The highest BCUT2D eigenvalue weighted by Crippen LogP contribution is 2.26. The molecule has 0 aliphatic carbocycles. The van der Waals surface area contributed by atoms with Crippen molar-refractivity contribution in [2.24, 2.45) is 0 Å². The van der Waals surface area contributed by atoms with E-state index in [0.717, 1.165) is 38.4 Å². The first-order chi connectivity index (χ1) is 13.6. The number of nitrogens with one attached hydrogen (secondary N) is 1. The summed E-state index contributed by atoms with van der Waals surface area (Å²) >= 11 is 0. The van der Waals surface area contributed by atoms with Crippen LogP contribution < -0.4 is 10.2 Å². The lowest BCUT2D eigenvalue weighted by Crippen LogP contribution is -2.47. The first-order valence-corrected chi connectivity index (χ1v) is 9.28. The second-order valence-electron chi connectivity index (χ2n) is 6.64. The molecule has 1 N–H and O–H groups in total. The molecule has 0 saturated carbocycles. The quantitative estimate of drug-likeness (QED) is 0.616. The predicted octanol–water partition coefficient (Wildman–Crippen LogP) is 2.79. The van der Waals surface area contributed by atoms with Crippen molar-refractivity contribution < 1.29 is 9.72 Å². The van der Waals surface area contributed by atoms with Crippen LogP contribution >= 0.6 is 0 Å². The van der Waals surface area contributed by atoms with Crippen LogP contribution in [0.4, 0.5) is 11.4 Å². The van der Waals surface area contributed by atoms with E-state index >= 15 is 0 Å². The molecule has 1 amide bonds. The average molecular weight is 380 g/mol. The van der Waals surface area contributed by atoms with Gasteiger partial charge in [0.25, 0.3) is 11.6 Å². The molecule has 0 radical (unpaired) electrons. The number of benzene rings is 2. The van der Waals surface area contributed by atoms with Crippen LogP contribution in [0.25, 0.3) is 6.08 Å². The monoisotopic (exact) mass is 380 g/mol. The van der Waals surface area contributed by atoms with Crippen LogP contribution in [0, 0.1) is 10.1 Å². The van der Waals surface area contributed by atoms with Crippen LogP contribution in [0.1, 0.15) is 15.9 Å². The number of non-ortho nitro benzene ring substituents is 1. The minimum Gasteiger partial charge on any atom is -0.368 e. The number of carbonyl (C=O) groups is 1. The zero-order chi connectivity index (χ0) is 19.9. The van der Waals surface area contributed by atoms with Gasteiger partial charge in [0.1, 0.15) is 0 Å². The van der Waals surface area contributed by atoms with Crippen molar-refractivity contribution in [1.82, 2.24) is 10.2 Å². The maximum absolute atomic E-state index is 12.2. The van der Waals surface area contributed by atoms with Gasteiger partial charge in [-0.1, -0.05) is 42.5 Å². The summed E-state index contributed by atoms with van der Waals surface area (Å²) in [7, 11) is 1.53. The van der Waals surface area contributed by atoms with Gasteiger partial charge in [-0.25, -0.2) is 0 Å². The highest BCUT2D eigenvalue weighted by atomic mass is 16.6. The maximum Gasteiger partial charge on any atom is 0.270 e. The summed E-state index contributed by atoms with van der Waals surface area (Å²) in [6.45, 7) is 4.12. The maximum atomic E-state index is 12.2. The normalized spacial score (nSPS) is 15.0. The van der Waals surface area contributed by atoms with E-state index < -0.39 is 4.92 Å². The van der Waals surface area contributed by atoms with Gasteiger partial charge in [0, 0.05) is 51.9 Å². The van der Waals surface area contributed by atoms with Crippen LogP contribution in [-0.4, -0.2) is 55.5 Å². The second kappa shape index (κ2) is 9.14. The van der Waals surface area contributed by atoms with Crippen molar-refractivity contribution in [2.45, 2.75) is 0 Å². The van der Waals surface area contributed by atoms with Gasteiger partial charge in [-0.2, -0.15) is 0 Å². The van der Waals surface area contributed by atoms with Crippen molar-refractivity contribution in [3.63, 3.8) is 0 Å². The molecule has 3 rings (SSSR count).